The molecule has 168 valence electrons. The van der Waals surface area contributed by atoms with Crippen LogP contribution in [0.25, 0.3) is 0 Å². The number of hydrogen-bond acceptors (Lipinski definition) is 4. The normalized spacial score (nSPS) is 14.1. The molecule has 0 atom stereocenters. The van der Waals surface area contributed by atoms with Crippen molar-refractivity contribution in [1.82, 2.24) is 20.4 Å². The number of piperazine rings is 1. The molecule has 2 heterocycles. The van der Waals surface area contributed by atoms with E-state index < -0.39 is 0 Å². The van der Waals surface area contributed by atoms with E-state index >= 15 is 0 Å². The smallest absolute Gasteiger partial charge is 0.289 e. The maximum atomic E-state index is 12.4. The highest BCUT2D eigenvalue weighted by Crippen LogP contribution is 2.10. The fraction of sp³-hybridized carbons (Fsp3) is 0.409. The van der Waals surface area contributed by atoms with Crippen LogP contribution in [-0.4, -0.2) is 73.9 Å². The fourth-order valence-electron chi connectivity index (χ4n) is 3.41. The van der Waals surface area contributed by atoms with Crippen LogP contribution in [-0.2, 0) is 6.42 Å². The van der Waals surface area contributed by atoms with E-state index in [1.54, 1.807) is 25.2 Å². The highest BCUT2D eigenvalue weighted by Gasteiger charge is 2.25. The van der Waals surface area contributed by atoms with Crippen LogP contribution in [0.4, 0.5) is 0 Å². The van der Waals surface area contributed by atoms with Crippen molar-refractivity contribution in [2.24, 2.45) is 4.99 Å². The van der Waals surface area contributed by atoms with E-state index in [0.717, 1.165) is 24.5 Å². The molecule has 0 aliphatic carbocycles. The van der Waals surface area contributed by atoms with Gasteiger partial charge in [-0.1, -0.05) is 12.1 Å². The molecule has 0 spiro atoms. The number of benzene rings is 1. The number of nitrogens with zero attached hydrogens (tertiary/aromatic N) is 3. The van der Waals surface area contributed by atoms with Gasteiger partial charge in [-0.3, -0.25) is 14.6 Å². The highest BCUT2D eigenvalue weighted by atomic mass is 127. The Morgan fingerprint density at radius 3 is 2.48 bits per heavy atom. The first kappa shape index (κ1) is 24.7. The molecule has 2 N–H and O–H groups in total. The highest BCUT2D eigenvalue weighted by molar-refractivity contribution is 14.0. The molecule has 31 heavy (non-hydrogen) atoms. The molecule has 0 unspecified atom stereocenters. The van der Waals surface area contributed by atoms with Crippen molar-refractivity contribution in [1.29, 1.82) is 0 Å². The number of nitrogens with one attached hydrogen (secondary N) is 2. The number of aliphatic imine (C=N–C) groups is 1. The van der Waals surface area contributed by atoms with Gasteiger partial charge in [0.25, 0.3) is 11.8 Å². The Kier molecular flexibility index (Phi) is 9.83. The molecule has 2 amide bonds. The van der Waals surface area contributed by atoms with Gasteiger partial charge in [0.2, 0.25) is 0 Å². The van der Waals surface area contributed by atoms with Gasteiger partial charge >= 0.3 is 0 Å². The monoisotopic (exact) mass is 539 g/mol. The zero-order chi connectivity index (χ0) is 21.3. The first-order valence-electron chi connectivity index (χ1n) is 10.3. The summed E-state index contributed by atoms with van der Waals surface area (Å²) in [6, 6.07) is 11.0. The molecule has 1 aliphatic rings. The molecule has 8 nitrogen and oxygen atoms in total. The van der Waals surface area contributed by atoms with Gasteiger partial charge in [-0.25, -0.2) is 0 Å². The minimum absolute atomic E-state index is 0. The summed E-state index contributed by atoms with van der Waals surface area (Å²) in [4.78, 5) is 33.0. The average Bonchev–Trinajstić information content (AvgIpc) is 3.33. The zero-order valence-corrected chi connectivity index (χ0v) is 20.3. The minimum Gasteiger partial charge on any atom is -0.459 e. The summed E-state index contributed by atoms with van der Waals surface area (Å²) < 4.78 is 5.22. The Hall–Kier alpha value is -2.56. The lowest BCUT2D eigenvalue weighted by molar-refractivity contribution is 0.0657. The van der Waals surface area contributed by atoms with Crippen LogP contribution in [0.2, 0.25) is 0 Å². The molecular weight excluding hydrogens is 509 g/mol. The number of guanidine groups is 1. The third-order valence-electron chi connectivity index (χ3n) is 5.01. The second-order valence-electron chi connectivity index (χ2n) is 7.02. The van der Waals surface area contributed by atoms with Gasteiger partial charge in [-0.2, -0.15) is 0 Å². The molecule has 0 bridgehead atoms. The molecule has 1 aromatic heterocycles. The lowest BCUT2D eigenvalue weighted by Gasteiger charge is -2.36. The molecule has 2 aromatic rings. The van der Waals surface area contributed by atoms with Gasteiger partial charge in [0.1, 0.15) is 0 Å². The molecular formula is C22H30IN5O3. The van der Waals surface area contributed by atoms with E-state index in [-0.39, 0.29) is 35.8 Å². The van der Waals surface area contributed by atoms with Gasteiger partial charge in [0.05, 0.1) is 6.26 Å². The van der Waals surface area contributed by atoms with Gasteiger partial charge in [0.15, 0.2) is 11.7 Å². The van der Waals surface area contributed by atoms with E-state index in [2.05, 4.69) is 15.5 Å². The minimum atomic E-state index is -0.0874. The number of halogens is 1. The number of furan rings is 1. The van der Waals surface area contributed by atoms with Crippen molar-refractivity contribution >= 4 is 41.8 Å². The average molecular weight is 539 g/mol. The number of carbonyl (C=O) groups is 2. The fourth-order valence-corrected chi connectivity index (χ4v) is 3.41. The zero-order valence-electron chi connectivity index (χ0n) is 18.0. The van der Waals surface area contributed by atoms with Crippen molar-refractivity contribution < 1.29 is 14.0 Å². The lowest BCUT2D eigenvalue weighted by Crippen LogP contribution is -2.53. The molecule has 9 heteroatoms. The Bertz CT molecular complexity index is 877. The van der Waals surface area contributed by atoms with Crippen LogP contribution in [0.1, 0.15) is 33.4 Å². The van der Waals surface area contributed by atoms with Crippen LogP contribution in [0, 0.1) is 0 Å². The largest absolute Gasteiger partial charge is 0.459 e. The molecule has 3 rings (SSSR count). The summed E-state index contributed by atoms with van der Waals surface area (Å²) in [5.41, 5.74) is 1.73. The summed E-state index contributed by atoms with van der Waals surface area (Å²) in [6.07, 6.45) is 2.26. The third-order valence-corrected chi connectivity index (χ3v) is 5.01. The predicted octanol–water partition coefficient (Wildman–Crippen LogP) is 2.22. The van der Waals surface area contributed by atoms with Crippen LogP contribution < -0.4 is 10.6 Å². The van der Waals surface area contributed by atoms with Crippen molar-refractivity contribution in [3.05, 3.63) is 59.5 Å². The van der Waals surface area contributed by atoms with E-state index in [9.17, 15) is 9.59 Å². The first-order chi connectivity index (χ1) is 14.6. The number of amides is 2. The summed E-state index contributed by atoms with van der Waals surface area (Å²) in [7, 11) is 1.63. The van der Waals surface area contributed by atoms with Gasteiger partial charge in [0, 0.05) is 51.9 Å². The molecule has 0 saturated carbocycles. The first-order valence-corrected chi connectivity index (χ1v) is 10.3. The Morgan fingerprint density at radius 2 is 1.84 bits per heavy atom. The van der Waals surface area contributed by atoms with Gasteiger partial charge in [-0.05, 0) is 43.2 Å². The molecule has 1 fully saturated rings. The summed E-state index contributed by atoms with van der Waals surface area (Å²) in [5.74, 6) is 1.07. The van der Waals surface area contributed by atoms with Crippen LogP contribution in [0.15, 0.2) is 52.1 Å². The number of carbonyl (C=O) groups excluding carboxylic acids is 2. The summed E-state index contributed by atoms with van der Waals surface area (Å²) in [5, 5.41) is 5.98. The molecule has 0 radical (unpaired) electrons. The second kappa shape index (κ2) is 12.3. The quantitative estimate of drug-likeness (QED) is 0.334. The maximum absolute atomic E-state index is 12.4. The maximum Gasteiger partial charge on any atom is 0.289 e. The van der Waals surface area contributed by atoms with E-state index in [1.807, 2.05) is 30.0 Å². The van der Waals surface area contributed by atoms with Crippen molar-refractivity contribution in [2.75, 3.05) is 46.3 Å². The van der Waals surface area contributed by atoms with Crippen molar-refractivity contribution in [2.45, 2.75) is 13.3 Å². The van der Waals surface area contributed by atoms with E-state index in [1.165, 1.54) is 6.26 Å². The number of hydrogen-bond donors (Lipinski definition) is 2. The van der Waals surface area contributed by atoms with Crippen LogP contribution in [0.3, 0.4) is 0 Å². The Morgan fingerprint density at radius 1 is 1.10 bits per heavy atom. The topological polar surface area (TPSA) is 90.2 Å². The standard InChI is InChI=1S/C22H29N5O3.HI/c1-3-24-22(25-10-9-17-6-4-7-18(16-17)20(28)23-2)27-13-11-26(12-14-27)21(29)19-8-5-15-30-19;/h4-8,15-16H,3,9-14H2,1-2H3,(H,23,28)(H,24,25);1H. The van der Waals surface area contributed by atoms with Crippen molar-refractivity contribution in [3.8, 4) is 0 Å². The van der Waals surface area contributed by atoms with E-state index in [0.29, 0.717) is 44.0 Å². The van der Waals surface area contributed by atoms with E-state index in [4.69, 9.17) is 9.41 Å². The van der Waals surface area contributed by atoms with Gasteiger partial charge in [-0.15, -0.1) is 24.0 Å². The molecule has 1 aliphatic heterocycles. The predicted molar refractivity (Wildman–Crippen MR) is 131 cm³/mol. The third kappa shape index (κ3) is 6.71. The number of rotatable bonds is 6. The lowest BCUT2D eigenvalue weighted by atomic mass is 10.1. The van der Waals surface area contributed by atoms with Gasteiger partial charge < -0.3 is 24.9 Å². The molecule has 1 aromatic carbocycles. The van der Waals surface area contributed by atoms with Crippen molar-refractivity contribution in [3.63, 3.8) is 0 Å². The second-order valence-corrected chi connectivity index (χ2v) is 7.02. The summed E-state index contributed by atoms with van der Waals surface area (Å²) in [6.45, 7) is 6.10. The Balaban J connectivity index is 0.00000341. The summed E-state index contributed by atoms with van der Waals surface area (Å²) >= 11 is 0. The van der Waals surface area contributed by atoms with Crippen LogP contribution >= 0.6 is 24.0 Å². The van der Waals surface area contributed by atoms with Crippen LogP contribution in [0.5, 0.6) is 0 Å². The molecule has 1 saturated heterocycles. The SMILES string of the molecule is CCNC(=NCCc1cccc(C(=O)NC)c1)N1CCN(C(=O)c2ccco2)CC1.I. The Labute approximate surface area is 200 Å².